The molecule has 3 rings (SSSR count). The molecule has 116 valence electrons. The lowest BCUT2D eigenvalue weighted by Gasteiger charge is -2.01. The van der Waals surface area contributed by atoms with Crippen molar-refractivity contribution in [3.63, 3.8) is 0 Å². The summed E-state index contributed by atoms with van der Waals surface area (Å²) in [5, 5.41) is 11.6. The van der Waals surface area contributed by atoms with Crippen molar-refractivity contribution < 1.29 is 9.66 Å². The molecule has 0 amide bonds. The molecule has 3 aromatic rings. The lowest BCUT2D eigenvalue weighted by atomic mass is 10.2. The van der Waals surface area contributed by atoms with Gasteiger partial charge in [-0.15, -0.1) is 11.3 Å². The van der Waals surface area contributed by atoms with Crippen LogP contribution in [-0.4, -0.2) is 16.5 Å². The number of hydrogen-bond acceptors (Lipinski definition) is 5. The lowest BCUT2D eigenvalue weighted by molar-refractivity contribution is -0.384. The fourth-order valence-corrected chi connectivity index (χ4v) is 2.98. The smallest absolute Gasteiger partial charge is 0.271 e. The molecule has 0 fully saturated rings. The molecule has 1 heterocycles. The topological polar surface area (TPSA) is 65.3 Å². The number of benzene rings is 2. The van der Waals surface area contributed by atoms with E-state index in [2.05, 4.69) is 4.98 Å². The van der Waals surface area contributed by atoms with Crippen LogP contribution in [0.2, 0.25) is 0 Å². The molecule has 0 aliphatic heterocycles. The summed E-state index contributed by atoms with van der Waals surface area (Å²) in [6.45, 7) is 2.60. The van der Waals surface area contributed by atoms with Crippen molar-refractivity contribution in [1.29, 1.82) is 0 Å². The Kier molecular flexibility index (Phi) is 4.34. The molecule has 23 heavy (non-hydrogen) atoms. The van der Waals surface area contributed by atoms with Crippen LogP contribution in [0.25, 0.3) is 22.4 Å². The molecule has 1 aromatic heterocycles. The molecule has 5 nitrogen and oxygen atoms in total. The van der Waals surface area contributed by atoms with E-state index >= 15 is 0 Å². The molecule has 6 heteroatoms. The number of ether oxygens (including phenoxy) is 1. The Morgan fingerprint density at radius 3 is 2.70 bits per heavy atom. The zero-order valence-electron chi connectivity index (χ0n) is 12.4. The molecule has 2 aromatic carbocycles. The van der Waals surface area contributed by atoms with E-state index in [0.717, 1.165) is 21.0 Å². The van der Waals surface area contributed by atoms with Gasteiger partial charge in [-0.05, 0) is 36.8 Å². The van der Waals surface area contributed by atoms with Gasteiger partial charge < -0.3 is 4.74 Å². The summed E-state index contributed by atoms with van der Waals surface area (Å²) in [5.41, 5.74) is 1.75. The number of non-ortho nitro benzene ring substituents is 1. The van der Waals surface area contributed by atoms with E-state index in [1.807, 2.05) is 43.3 Å². The van der Waals surface area contributed by atoms with E-state index in [9.17, 15) is 10.1 Å². The maximum Gasteiger partial charge on any atom is 0.271 e. The van der Waals surface area contributed by atoms with Crippen LogP contribution in [0.15, 0.2) is 42.5 Å². The van der Waals surface area contributed by atoms with Gasteiger partial charge in [0.1, 0.15) is 10.8 Å². The molecule has 0 N–H and O–H groups in total. The monoisotopic (exact) mass is 326 g/mol. The van der Waals surface area contributed by atoms with Crippen LogP contribution in [0.3, 0.4) is 0 Å². The fraction of sp³-hybridized carbons (Fsp3) is 0.118. The average molecular weight is 326 g/mol. The van der Waals surface area contributed by atoms with Crippen molar-refractivity contribution in [2.45, 2.75) is 6.92 Å². The minimum Gasteiger partial charge on any atom is -0.494 e. The molecule has 0 radical (unpaired) electrons. The van der Waals surface area contributed by atoms with Gasteiger partial charge in [-0.1, -0.05) is 18.2 Å². The predicted octanol–water partition coefficient (Wildman–Crippen LogP) is 4.77. The standard InChI is InChI=1S/C17H14N2O3S/c1-2-22-14-7-3-12(4-8-14)5-10-17-18-15-11-13(19(20)21)6-9-16(15)23-17/h3-11H,2H2,1H3/b10-5+. The first-order chi connectivity index (χ1) is 11.2. The second kappa shape index (κ2) is 6.58. The quantitative estimate of drug-likeness (QED) is 0.500. The maximum absolute atomic E-state index is 10.8. The summed E-state index contributed by atoms with van der Waals surface area (Å²) in [6.07, 6.45) is 3.87. The second-order valence-corrected chi connectivity index (χ2v) is 5.86. The molecule has 0 aliphatic rings. The van der Waals surface area contributed by atoms with Gasteiger partial charge in [-0.3, -0.25) is 10.1 Å². The van der Waals surface area contributed by atoms with Crippen LogP contribution in [0.5, 0.6) is 5.75 Å². The molecule has 0 unspecified atom stereocenters. The van der Waals surface area contributed by atoms with Gasteiger partial charge in [0.25, 0.3) is 5.69 Å². The van der Waals surface area contributed by atoms with Crippen molar-refractivity contribution in [3.05, 3.63) is 63.1 Å². The highest BCUT2D eigenvalue weighted by Gasteiger charge is 2.09. The van der Waals surface area contributed by atoms with E-state index in [1.165, 1.54) is 23.5 Å². The zero-order valence-corrected chi connectivity index (χ0v) is 13.2. The first-order valence-electron chi connectivity index (χ1n) is 7.11. The van der Waals surface area contributed by atoms with Crippen molar-refractivity contribution in [1.82, 2.24) is 4.98 Å². The maximum atomic E-state index is 10.8. The Morgan fingerprint density at radius 2 is 2.00 bits per heavy atom. The van der Waals surface area contributed by atoms with E-state index in [-0.39, 0.29) is 5.69 Å². The lowest BCUT2D eigenvalue weighted by Crippen LogP contribution is -1.90. The molecule has 0 saturated carbocycles. The number of aromatic nitrogens is 1. The third kappa shape index (κ3) is 3.54. The highest BCUT2D eigenvalue weighted by atomic mass is 32.1. The van der Waals surface area contributed by atoms with Gasteiger partial charge in [0.05, 0.1) is 21.7 Å². The molecule has 0 aliphatic carbocycles. The molecule has 0 spiro atoms. The first-order valence-corrected chi connectivity index (χ1v) is 7.93. The van der Waals surface area contributed by atoms with Crippen LogP contribution >= 0.6 is 11.3 Å². The third-order valence-electron chi connectivity index (χ3n) is 3.21. The normalized spacial score (nSPS) is 11.2. The zero-order chi connectivity index (χ0) is 16.2. The summed E-state index contributed by atoms with van der Waals surface area (Å²) in [6, 6.07) is 12.5. The van der Waals surface area contributed by atoms with Gasteiger partial charge in [0.15, 0.2) is 0 Å². The van der Waals surface area contributed by atoms with Crippen LogP contribution in [0.1, 0.15) is 17.5 Å². The molecular formula is C17H14N2O3S. The van der Waals surface area contributed by atoms with Gasteiger partial charge in [-0.2, -0.15) is 0 Å². The Hall–Kier alpha value is -2.73. The van der Waals surface area contributed by atoms with Crippen molar-refractivity contribution in [2.75, 3.05) is 6.61 Å². The Balaban J connectivity index is 1.81. The molecule has 0 atom stereocenters. The van der Waals surface area contributed by atoms with Gasteiger partial charge in [0, 0.05) is 12.1 Å². The van der Waals surface area contributed by atoms with Crippen LogP contribution in [0, 0.1) is 10.1 Å². The van der Waals surface area contributed by atoms with Crippen LogP contribution in [-0.2, 0) is 0 Å². The SMILES string of the molecule is CCOc1ccc(/C=C/c2nc3cc([N+](=O)[O-])ccc3s2)cc1. The van der Waals surface area contributed by atoms with Gasteiger partial charge in [-0.25, -0.2) is 4.98 Å². The Labute approximate surface area is 137 Å². The second-order valence-electron chi connectivity index (χ2n) is 4.80. The van der Waals surface area contributed by atoms with E-state index in [0.29, 0.717) is 12.1 Å². The Bertz CT molecular complexity index is 869. The number of fused-ring (bicyclic) bond motifs is 1. The number of rotatable bonds is 5. The minimum absolute atomic E-state index is 0.0600. The summed E-state index contributed by atoms with van der Waals surface area (Å²) in [7, 11) is 0. The highest BCUT2D eigenvalue weighted by Crippen LogP contribution is 2.27. The summed E-state index contributed by atoms with van der Waals surface area (Å²) in [5.74, 6) is 0.844. The van der Waals surface area contributed by atoms with Crippen LogP contribution < -0.4 is 4.74 Å². The average Bonchev–Trinajstić information content (AvgIpc) is 2.96. The molecule has 0 saturated heterocycles. The third-order valence-corrected chi connectivity index (χ3v) is 4.21. The fourth-order valence-electron chi connectivity index (χ4n) is 2.13. The molecular weight excluding hydrogens is 312 g/mol. The number of nitrogens with zero attached hydrogens (tertiary/aromatic N) is 2. The van der Waals surface area contributed by atoms with Crippen molar-refractivity contribution >= 4 is 39.4 Å². The van der Waals surface area contributed by atoms with Crippen molar-refractivity contribution in [3.8, 4) is 5.75 Å². The predicted molar refractivity (Wildman–Crippen MR) is 92.8 cm³/mol. The van der Waals surface area contributed by atoms with E-state index in [4.69, 9.17) is 4.74 Å². The molecule has 0 bridgehead atoms. The first kappa shape index (κ1) is 15.2. The summed E-state index contributed by atoms with van der Waals surface area (Å²) in [4.78, 5) is 14.8. The number of thiazole rings is 1. The van der Waals surface area contributed by atoms with Gasteiger partial charge in [0.2, 0.25) is 0 Å². The van der Waals surface area contributed by atoms with Crippen molar-refractivity contribution in [2.24, 2.45) is 0 Å². The number of nitro benzene ring substituents is 1. The van der Waals surface area contributed by atoms with Gasteiger partial charge >= 0.3 is 0 Å². The largest absolute Gasteiger partial charge is 0.494 e. The van der Waals surface area contributed by atoms with Crippen LogP contribution in [0.4, 0.5) is 5.69 Å². The van der Waals surface area contributed by atoms with E-state index < -0.39 is 4.92 Å². The highest BCUT2D eigenvalue weighted by molar-refractivity contribution is 7.19. The number of hydrogen-bond donors (Lipinski definition) is 0. The summed E-state index contributed by atoms with van der Waals surface area (Å²) < 4.78 is 6.34. The Morgan fingerprint density at radius 1 is 1.22 bits per heavy atom. The number of nitro groups is 1. The summed E-state index contributed by atoms with van der Waals surface area (Å²) >= 11 is 1.50. The van der Waals surface area contributed by atoms with E-state index in [1.54, 1.807) is 6.07 Å². The minimum atomic E-state index is -0.409.